The number of carbonyl (C=O) groups is 3. The molecule has 1 unspecified atom stereocenters. The van der Waals surface area contributed by atoms with Gasteiger partial charge < -0.3 is 24.4 Å². The fourth-order valence-electron chi connectivity index (χ4n) is 4.25. The maximum absolute atomic E-state index is 12.9. The largest absolute Gasteiger partial charge is 0.493 e. The average Bonchev–Trinajstić information content (AvgIpc) is 2.94. The predicted molar refractivity (Wildman–Crippen MR) is 139 cm³/mol. The second kappa shape index (κ2) is 12.1. The molecule has 8 nitrogen and oxygen atoms in total. The minimum Gasteiger partial charge on any atom is -0.493 e. The lowest BCUT2D eigenvalue weighted by molar-refractivity contribution is -0.140. The van der Waals surface area contributed by atoms with Gasteiger partial charge in [-0.25, -0.2) is 4.79 Å². The van der Waals surface area contributed by atoms with Crippen molar-refractivity contribution >= 4 is 23.5 Å². The molecule has 1 atom stereocenters. The summed E-state index contributed by atoms with van der Waals surface area (Å²) in [5.74, 6) is -1.51. The quantitative estimate of drug-likeness (QED) is 0.399. The molecule has 3 aromatic carbocycles. The summed E-state index contributed by atoms with van der Waals surface area (Å²) in [7, 11) is 1.33. The molecule has 0 aliphatic carbocycles. The van der Waals surface area contributed by atoms with Gasteiger partial charge in [-0.05, 0) is 60.9 Å². The zero-order chi connectivity index (χ0) is 28.9. The molecule has 0 bridgehead atoms. The Balaban J connectivity index is 1.33. The number of nitrogens with one attached hydrogen (secondary N) is 1. The summed E-state index contributed by atoms with van der Waals surface area (Å²) >= 11 is 0. The summed E-state index contributed by atoms with van der Waals surface area (Å²) < 4.78 is 54.8. The Morgan fingerprint density at radius 1 is 0.975 bits per heavy atom. The molecule has 40 heavy (non-hydrogen) atoms. The zero-order valence-corrected chi connectivity index (χ0v) is 21.8. The van der Waals surface area contributed by atoms with Crippen LogP contribution in [0.3, 0.4) is 0 Å². The molecule has 4 rings (SSSR count). The lowest BCUT2D eigenvalue weighted by Gasteiger charge is -2.30. The molecule has 0 radical (unpaired) electrons. The van der Waals surface area contributed by atoms with E-state index in [-0.39, 0.29) is 28.7 Å². The fourth-order valence-corrected chi connectivity index (χ4v) is 4.25. The Hall–Kier alpha value is -4.54. The number of nitrogens with zero attached hydrogens (tertiary/aromatic N) is 1. The predicted octanol–water partition coefficient (Wildman–Crippen LogP) is 4.86. The van der Waals surface area contributed by atoms with Gasteiger partial charge in [-0.15, -0.1) is 0 Å². The third kappa shape index (κ3) is 6.90. The van der Waals surface area contributed by atoms with E-state index in [0.717, 1.165) is 24.1 Å². The van der Waals surface area contributed by atoms with E-state index in [2.05, 4.69) is 5.32 Å². The molecule has 0 fully saturated rings. The number of esters is 1. The van der Waals surface area contributed by atoms with Crippen molar-refractivity contribution in [3.63, 3.8) is 0 Å². The second-order valence-corrected chi connectivity index (χ2v) is 9.11. The van der Waals surface area contributed by atoms with Crippen LogP contribution in [0.25, 0.3) is 0 Å². The topological polar surface area (TPSA) is 94.2 Å². The van der Waals surface area contributed by atoms with Crippen LogP contribution in [-0.4, -0.2) is 49.0 Å². The van der Waals surface area contributed by atoms with E-state index >= 15 is 0 Å². The molecule has 210 valence electrons. The highest BCUT2D eigenvalue weighted by molar-refractivity contribution is 5.93. The van der Waals surface area contributed by atoms with Gasteiger partial charge in [-0.2, -0.15) is 13.2 Å². The van der Waals surface area contributed by atoms with Gasteiger partial charge in [0.2, 0.25) is 0 Å². The van der Waals surface area contributed by atoms with E-state index < -0.39 is 36.3 Å². The van der Waals surface area contributed by atoms with Crippen molar-refractivity contribution in [2.45, 2.75) is 32.2 Å². The number of halogens is 3. The van der Waals surface area contributed by atoms with Gasteiger partial charge in [0, 0.05) is 18.8 Å². The third-order valence-corrected chi connectivity index (χ3v) is 6.31. The minimum absolute atomic E-state index is 0.0362. The molecule has 11 heteroatoms. The highest BCUT2D eigenvalue weighted by atomic mass is 19.4. The highest BCUT2D eigenvalue weighted by Gasteiger charge is 2.31. The van der Waals surface area contributed by atoms with Gasteiger partial charge >= 0.3 is 12.1 Å². The van der Waals surface area contributed by atoms with Gasteiger partial charge in [-0.3, -0.25) is 9.59 Å². The molecule has 0 aromatic heterocycles. The average molecular weight is 557 g/mol. The number of ether oxygens (including phenoxy) is 3. The number of alkyl halides is 3. The van der Waals surface area contributed by atoms with Crippen LogP contribution in [-0.2, 0) is 33.5 Å². The van der Waals surface area contributed by atoms with Crippen molar-refractivity contribution in [2.24, 2.45) is 0 Å². The Labute approximate surface area is 228 Å². The van der Waals surface area contributed by atoms with Crippen LogP contribution in [0.5, 0.6) is 11.5 Å². The molecule has 0 spiro atoms. The van der Waals surface area contributed by atoms with Gasteiger partial charge in [-0.1, -0.05) is 30.3 Å². The first-order valence-corrected chi connectivity index (χ1v) is 12.4. The SMILES string of the molecule is COc1cc(C(=O)OC(C)C(=O)N2CCc3ccccc3C2)ccc1OCC(=O)Nc1cccc(C(F)(F)F)c1. The smallest absolute Gasteiger partial charge is 0.416 e. The lowest BCUT2D eigenvalue weighted by Crippen LogP contribution is -2.42. The van der Waals surface area contributed by atoms with Crippen LogP contribution in [0, 0.1) is 0 Å². The molecule has 3 aromatic rings. The van der Waals surface area contributed by atoms with E-state index in [9.17, 15) is 27.6 Å². The molecule has 0 saturated carbocycles. The van der Waals surface area contributed by atoms with Gasteiger partial charge in [0.25, 0.3) is 11.8 Å². The van der Waals surface area contributed by atoms with E-state index in [1.165, 1.54) is 49.9 Å². The number of amides is 2. The molecular formula is C29H27F3N2O6. The van der Waals surface area contributed by atoms with Crippen molar-refractivity contribution in [3.8, 4) is 11.5 Å². The molecule has 1 N–H and O–H groups in total. The van der Waals surface area contributed by atoms with Gasteiger partial charge in [0.05, 0.1) is 18.2 Å². The number of rotatable bonds is 8. The highest BCUT2D eigenvalue weighted by Crippen LogP contribution is 2.31. The number of benzene rings is 3. The standard InChI is InChI=1S/C29H27F3N2O6/c1-18(27(36)34-13-12-19-6-3-4-7-21(19)16-34)40-28(37)20-10-11-24(25(14-20)38-2)39-17-26(35)33-23-9-5-8-22(15-23)29(30,31)32/h3-11,14-15,18H,12-13,16-17H2,1-2H3,(H,33,35). The Kier molecular flexibility index (Phi) is 8.61. The van der Waals surface area contributed by atoms with Crippen LogP contribution in [0.4, 0.5) is 18.9 Å². The number of hydrogen-bond acceptors (Lipinski definition) is 6. The second-order valence-electron chi connectivity index (χ2n) is 9.11. The number of anilines is 1. The van der Waals surface area contributed by atoms with Gasteiger partial charge in [0.15, 0.2) is 24.2 Å². The normalized spacial score (nSPS) is 13.6. The summed E-state index contributed by atoms with van der Waals surface area (Å²) in [4.78, 5) is 39.6. The van der Waals surface area contributed by atoms with Crippen LogP contribution in [0.2, 0.25) is 0 Å². The molecule has 1 aliphatic heterocycles. The minimum atomic E-state index is -4.54. The fraction of sp³-hybridized carbons (Fsp3) is 0.276. The van der Waals surface area contributed by atoms with E-state index in [1.807, 2.05) is 24.3 Å². The van der Waals surface area contributed by atoms with Crippen LogP contribution in [0.15, 0.2) is 66.7 Å². The van der Waals surface area contributed by atoms with Crippen LogP contribution >= 0.6 is 0 Å². The van der Waals surface area contributed by atoms with E-state index in [4.69, 9.17) is 14.2 Å². The number of methoxy groups -OCH3 is 1. The Morgan fingerprint density at radius 2 is 1.73 bits per heavy atom. The zero-order valence-electron chi connectivity index (χ0n) is 21.8. The number of carbonyl (C=O) groups excluding carboxylic acids is 3. The van der Waals surface area contributed by atoms with E-state index in [0.29, 0.717) is 13.1 Å². The summed E-state index contributed by atoms with van der Waals surface area (Å²) in [5, 5.41) is 2.34. The monoisotopic (exact) mass is 556 g/mol. The maximum atomic E-state index is 12.9. The van der Waals surface area contributed by atoms with Crippen molar-refractivity contribution in [3.05, 3.63) is 89.0 Å². The Morgan fingerprint density at radius 3 is 2.45 bits per heavy atom. The first kappa shape index (κ1) is 28.5. The van der Waals surface area contributed by atoms with Crippen LogP contribution < -0.4 is 14.8 Å². The van der Waals surface area contributed by atoms with Gasteiger partial charge in [0.1, 0.15) is 0 Å². The summed E-state index contributed by atoms with van der Waals surface area (Å²) in [6.07, 6.45) is -4.84. The van der Waals surface area contributed by atoms with E-state index in [1.54, 1.807) is 4.90 Å². The first-order chi connectivity index (χ1) is 19.0. The number of hydrogen-bond donors (Lipinski definition) is 1. The molecular weight excluding hydrogens is 529 g/mol. The van der Waals surface area contributed by atoms with Crippen molar-refractivity contribution in [1.29, 1.82) is 0 Å². The lowest BCUT2D eigenvalue weighted by atomic mass is 9.99. The summed E-state index contributed by atoms with van der Waals surface area (Å²) in [5.41, 5.74) is 1.42. The third-order valence-electron chi connectivity index (χ3n) is 6.31. The first-order valence-electron chi connectivity index (χ1n) is 12.4. The molecule has 2 amide bonds. The maximum Gasteiger partial charge on any atom is 0.416 e. The van der Waals surface area contributed by atoms with Crippen molar-refractivity contribution < 1.29 is 41.8 Å². The Bertz CT molecular complexity index is 1410. The molecule has 1 aliphatic rings. The summed E-state index contributed by atoms with van der Waals surface area (Å²) in [6, 6.07) is 16.2. The molecule has 1 heterocycles. The van der Waals surface area contributed by atoms with Crippen molar-refractivity contribution in [1.82, 2.24) is 4.90 Å². The summed E-state index contributed by atoms with van der Waals surface area (Å²) in [6.45, 7) is 1.95. The van der Waals surface area contributed by atoms with Crippen molar-refractivity contribution in [2.75, 3.05) is 25.6 Å². The number of fused-ring (bicyclic) bond motifs is 1. The van der Waals surface area contributed by atoms with Crippen LogP contribution in [0.1, 0.15) is 34.0 Å². The molecule has 0 saturated heterocycles.